The van der Waals surface area contributed by atoms with E-state index in [0.29, 0.717) is 49.6 Å². The first-order valence-electron chi connectivity index (χ1n) is 9.46. The summed E-state index contributed by atoms with van der Waals surface area (Å²) in [5.74, 6) is -1.02. The molecule has 1 fully saturated rings. The van der Waals surface area contributed by atoms with Crippen LogP contribution in [0.3, 0.4) is 0 Å². The SMILES string of the molecule is CCCCOc1cc2c(cc1F)CN(C[C@H]1CC[C@H](C(=O)O)CC1)C2=O. The molecule has 1 amide bonds. The largest absolute Gasteiger partial charge is 0.490 e. The van der Waals surface area contributed by atoms with Gasteiger partial charge in [0.05, 0.1) is 12.5 Å². The minimum absolute atomic E-state index is 0.0827. The maximum atomic E-state index is 14.2. The van der Waals surface area contributed by atoms with Crippen LogP contribution in [0.1, 0.15) is 61.4 Å². The van der Waals surface area contributed by atoms with E-state index in [-0.39, 0.29) is 17.6 Å². The predicted octanol–water partition coefficient (Wildman–Crippen LogP) is 3.85. The molecule has 1 N–H and O–H groups in total. The number of hydrogen-bond acceptors (Lipinski definition) is 3. The highest BCUT2D eigenvalue weighted by Gasteiger charge is 2.33. The second-order valence-corrected chi connectivity index (χ2v) is 7.38. The molecule has 3 rings (SSSR count). The average molecular weight is 363 g/mol. The van der Waals surface area contributed by atoms with Gasteiger partial charge in [0.2, 0.25) is 0 Å². The third-order valence-electron chi connectivity index (χ3n) is 5.47. The molecule has 0 bridgehead atoms. The summed E-state index contributed by atoms with van der Waals surface area (Å²) >= 11 is 0. The van der Waals surface area contributed by atoms with Gasteiger partial charge in [0.15, 0.2) is 11.6 Å². The van der Waals surface area contributed by atoms with Gasteiger partial charge < -0.3 is 14.7 Å². The molecule has 1 aliphatic heterocycles. The molecule has 0 saturated heterocycles. The number of unbranched alkanes of at least 4 members (excludes halogenated alkanes) is 1. The molecule has 1 aromatic carbocycles. The number of carbonyl (C=O) groups is 2. The van der Waals surface area contributed by atoms with Crippen molar-refractivity contribution in [1.29, 1.82) is 0 Å². The Balaban J connectivity index is 1.62. The molecule has 1 saturated carbocycles. The summed E-state index contributed by atoms with van der Waals surface area (Å²) in [5, 5.41) is 9.09. The molecule has 6 heteroatoms. The molecular formula is C20H26FNO4. The third-order valence-corrected chi connectivity index (χ3v) is 5.47. The van der Waals surface area contributed by atoms with E-state index < -0.39 is 11.8 Å². The Labute approximate surface area is 153 Å². The van der Waals surface area contributed by atoms with Crippen molar-refractivity contribution < 1.29 is 23.8 Å². The zero-order valence-electron chi connectivity index (χ0n) is 15.2. The summed E-state index contributed by atoms with van der Waals surface area (Å²) in [7, 11) is 0. The number of benzene rings is 1. The number of hydrogen-bond donors (Lipinski definition) is 1. The first-order chi connectivity index (χ1) is 12.5. The van der Waals surface area contributed by atoms with Crippen LogP contribution < -0.4 is 4.74 Å². The highest BCUT2D eigenvalue weighted by Crippen LogP contribution is 2.33. The predicted molar refractivity (Wildman–Crippen MR) is 94.6 cm³/mol. The van der Waals surface area contributed by atoms with Gasteiger partial charge in [0.1, 0.15) is 0 Å². The molecule has 0 atom stereocenters. The highest BCUT2D eigenvalue weighted by molar-refractivity contribution is 5.98. The van der Waals surface area contributed by atoms with Crippen molar-refractivity contribution in [1.82, 2.24) is 4.90 Å². The van der Waals surface area contributed by atoms with Crippen LogP contribution in [0, 0.1) is 17.7 Å². The number of amides is 1. The second kappa shape index (κ2) is 8.06. The summed E-state index contributed by atoms with van der Waals surface area (Å²) in [6.07, 6.45) is 4.77. The fourth-order valence-electron chi connectivity index (χ4n) is 3.86. The minimum Gasteiger partial charge on any atom is -0.490 e. The van der Waals surface area contributed by atoms with Crippen LogP contribution in [0.2, 0.25) is 0 Å². The Morgan fingerprint density at radius 1 is 1.31 bits per heavy atom. The fourth-order valence-corrected chi connectivity index (χ4v) is 3.86. The molecule has 1 aromatic rings. The number of carboxylic acids is 1. The molecule has 0 unspecified atom stereocenters. The molecule has 2 aliphatic rings. The van der Waals surface area contributed by atoms with Crippen molar-refractivity contribution in [3.8, 4) is 5.75 Å². The molecule has 0 radical (unpaired) electrons. The summed E-state index contributed by atoms with van der Waals surface area (Å²) in [6, 6.07) is 2.94. The van der Waals surface area contributed by atoms with Crippen LogP contribution in [0.4, 0.5) is 4.39 Å². The molecule has 26 heavy (non-hydrogen) atoms. The lowest BCUT2D eigenvalue weighted by Crippen LogP contribution is -2.32. The highest BCUT2D eigenvalue weighted by atomic mass is 19.1. The van der Waals surface area contributed by atoms with Gasteiger partial charge in [-0.25, -0.2) is 4.39 Å². The van der Waals surface area contributed by atoms with Gasteiger partial charge in [-0.15, -0.1) is 0 Å². The Morgan fingerprint density at radius 2 is 2.04 bits per heavy atom. The van der Waals surface area contributed by atoms with E-state index in [0.717, 1.165) is 25.7 Å². The number of carboxylic acid groups (broad SMARTS) is 1. The number of aliphatic carboxylic acids is 1. The zero-order valence-corrected chi connectivity index (χ0v) is 15.2. The number of halogens is 1. The maximum absolute atomic E-state index is 14.2. The fraction of sp³-hybridized carbons (Fsp3) is 0.600. The van der Waals surface area contributed by atoms with Gasteiger partial charge in [-0.3, -0.25) is 9.59 Å². The van der Waals surface area contributed by atoms with E-state index in [4.69, 9.17) is 9.84 Å². The number of ether oxygens (including phenoxy) is 1. The van der Waals surface area contributed by atoms with Crippen molar-refractivity contribution in [2.75, 3.05) is 13.2 Å². The topological polar surface area (TPSA) is 66.8 Å². The van der Waals surface area contributed by atoms with E-state index in [1.807, 2.05) is 6.92 Å². The third kappa shape index (κ3) is 4.00. The van der Waals surface area contributed by atoms with Crippen LogP contribution in [-0.4, -0.2) is 35.0 Å². The van der Waals surface area contributed by atoms with E-state index in [9.17, 15) is 14.0 Å². The standard InChI is InChI=1S/C20H26FNO4/c1-2-3-8-26-18-10-16-15(9-17(18)21)12-22(19(16)23)11-13-4-6-14(7-5-13)20(24)25/h9-10,13-14H,2-8,11-12H2,1H3,(H,24,25)/t13-,14-. The molecule has 1 heterocycles. The van der Waals surface area contributed by atoms with Gasteiger partial charge in [0, 0.05) is 18.7 Å². The lowest BCUT2D eigenvalue weighted by Gasteiger charge is -2.29. The van der Waals surface area contributed by atoms with E-state index >= 15 is 0 Å². The summed E-state index contributed by atoms with van der Waals surface area (Å²) in [5.41, 5.74) is 1.23. The van der Waals surface area contributed by atoms with E-state index in [1.54, 1.807) is 4.90 Å². The van der Waals surface area contributed by atoms with Crippen LogP contribution in [0.15, 0.2) is 12.1 Å². The summed E-state index contributed by atoms with van der Waals surface area (Å²) in [6.45, 7) is 3.50. The number of rotatable bonds is 7. The van der Waals surface area contributed by atoms with Crippen LogP contribution in [0.25, 0.3) is 0 Å². The number of carbonyl (C=O) groups excluding carboxylic acids is 1. The molecule has 0 aromatic heterocycles. The number of fused-ring (bicyclic) bond motifs is 1. The average Bonchev–Trinajstić information content (AvgIpc) is 2.91. The molecule has 0 spiro atoms. The smallest absolute Gasteiger partial charge is 0.306 e. The molecule has 142 valence electrons. The normalized spacial score (nSPS) is 22.4. The summed E-state index contributed by atoms with van der Waals surface area (Å²) < 4.78 is 19.7. The van der Waals surface area contributed by atoms with E-state index in [2.05, 4.69) is 0 Å². The lowest BCUT2D eigenvalue weighted by molar-refractivity contribution is -0.143. The van der Waals surface area contributed by atoms with Gasteiger partial charge in [-0.05, 0) is 55.7 Å². The molecular weight excluding hydrogens is 337 g/mol. The Kier molecular flexibility index (Phi) is 5.79. The van der Waals surface area contributed by atoms with Crippen LogP contribution >= 0.6 is 0 Å². The number of nitrogens with zero attached hydrogens (tertiary/aromatic N) is 1. The van der Waals surface area contributed by atoms with Crippen LogP contribution in [-0.2, 0) is 11.3 Å². The molecule has 1 aliphatic carbocycles. The zero-order chi connectivity index (χ0) is 18.7. The maximum Gasteiger partial charge on any atom is 0.306 e. The van der Waals surface area contributed by atoms with Gasteiger partial charge in [-0.1, -0.05) is 13.3 Å². The van der Waals surface area contributed by atoms with Crippen molar-refractivity contribution in [2.24, 2.45) is 11.8 Å². The van der Waals surface area contributed by atoms with Crippen LogP contribution in [0.5, 0.6) is 5.75 Å². The first-order valence-corrected chi connectivity index (χ1v) is 9.46. The minimum atomic E-state index is -0.723. The van der Waals surface area contributed by atoms with Crippen molar-refractivity contribution >= 4 is 11.9 Å². The van der Waals surface area contributed by atoms with Crippen molar-refractivity contribution in [2.45, 2.75) is 52.0 Å². The first kappa shape index (κ1) is 18.7. The Bertz CT molecular complexity index is 683. The molecule has 5 nitrogen and oxygen atoms in total. The quantitative estimate of drug-likeness (QED) is 0.747. The van der Waals surface area contributed by atoms with Gasteiger partial charge in [0.25, 0.3) is 5.91 Å². The van der Waals surface area contributed by atoms with Crippen molar-refractivity contribution in [3.05, 3.63) is 29.1 Å². The Hall–Kier alpha value is -2.11. The van der Waals surface area contributed by atoms with Gasteiger partial charge >= 0.3 is 5.97 Å². The summed E-state index contributed by atoms with van der Waals surface area (Å²) in [4.78, 5) is 25.5. The van der Waals surface area contributed by atoms with Crippen molar-refractivity contribution in [3.63, 3.8) is 0 Å². The van der Waals surface area contributed by atoms with E-state index in [1.165, 1.54) is 12.1 Å². The Morgan fingerprint density at radius 3 is 2.69 bits per heavy atom. The lowest BCUT2D eigenvalue weighted by atomic mass is 9.82. The van der Waals surface area contributed by atoms with Gasteiger partial charge in [-0.2, -0.15) is 0 Å². The monoisotopic (exact) mass is 363 g/mol. The second-order valence-electron chi connectivity index (χ2n) is 7.38.